The largest absolute Gasteiger partial charge is 0.370 e. The number of nitrogens with zero attached hydrogens (tertiary/aromatic N) is 2. The smallest absolute Gasteiger partial charge is 0.193 e. The molecule has 0 spiro atoms. The van der Waals surface area contributed by atoms with Crippen LogP contribution in [0.15, 0.2) is 47.5 Å². The Hall–Kier alpha value is -2.09. The summed E-state index contributed by atoms with van der Waals surface area (Å²) >= 11 is 0. The summed E-state index contributed by atoms with van der Waals surface area (Å²) in [5.41, 5.74) is 12.0. The fourth-order valence-corrected chi connectivity index (χ4v) is 3.41. The van der Waals surface area contributed by atoms with Gasteiger partial charge in [0.1, 0.15) is 5.82 Å². The van der Waals surface area contributed by atoms with E-state index in [1.54, 1.807) is 0 Å². The van der Waals surface area contributed by atoms with Crippen molar-refractivity contribution in [3.05, 3.63) is 59.4 Å². The van der Waals surface area contributed by atoms with Gasteiger partial charge in [-0.25, -0.2) is 4.98 Å². The minimum absolute atomic E-state index is 0. The molecule has 0 bridgehead atoms. The summed E-state index contributed by atoms with van der Waals surface area (Å²) in [6.45, 7) is 0.681. The van der Waals surface area contributed by atoms with Gasteiger partial charge in [0.05, 0.1) is 11.0 Å². The van der Waals surface area contributed by atoms with Gasteiger partial charge < -0.3 is 16.0 Å². The summed E-state index contributed by atoms with van der Waals surface area (Å²) in [5, 5.41) is 3.20. The maximum absolute atomic E-state index is 6.01. The van der Waals surface area contributed by atoms with Crippen molar-refractivity contribution in [2.45, 2.75) is 32.1 Å². The molecule has 0 radical (unpaired) electrons. The van der Waals surface area contributed by atoms with Gasteiger partial charge in [-0.05, 0) is 61.1 Å². The monoisotopic (exact) mass is 461 g/mol. The molecule has 5 nitrogen and oxygen atoms in total. The van der Waals surface area contributed by atoms with Crippen LogP contribution in [-0.4, -0.2) is 22.5 Å². The van der Waals surface area contributed by atoms with E-state index in [2.05, 4.69) is 38.5 Å². The van der Waals surface area contributed by atoms with Crippen LogP contribution in [0.1, 0.15) is 29.8 Å². The number of aryl methyl sites for hydroxylation is 3. The maximum Gasteiger partial charge on any atom is 0.193 e. The van der Waals surface area contributed by atoms with Crippen molar-refractivity contribution in [2.24, 2.45) is 10.7 Å². The fourth-order valence-electron chi connectivity index (χ4n) is 3.41. The van der Waals surface area contributed by atoms with Crippen LogP contribution in [0.5, 0.6) is 0 Å². The minimum Gasteiger partial charge on any atom is -0.370 e. The van der Waals surface area contributed by atoms with Gasteiger partial charge in [-0.2, -0.15) is 0 Å². The number of anilines is 1. The number of nitrogens with one attached hydrogen (secondary N) is 2. The van der Waals surface area contributed by atoms with Crippen molar-refractivity contribution < 1.29 is 0 Å². The van der Waals surface area contributed by atoms with E-state index in [-0.39, 0.29) is 24.0 Å². The summed E-state index contributed by atoms with van der Waals surface area (Å²) in [6, 6.07) is 14.6. The van der Waals surface area contributed by atoms with Crippen molar-refractivity contribution in [2.75, 3.05) is 11.9 Å². The van der Waals surface area contributed by atoms with Gasteiger partial charge in [0.15, 0.2) is 5.96 Å². The van der Waals surface area contributed by atoms with E-state index in [4.69, 9.17) is 5.73 Å². The molecular formula is C20H24IN5. The normalized spacial score (nSPS) is 13.5. The average Bonchev–Trinajstić information content (AvgIpc) is 3.24. The topological polar surface area (TPSA) is 79.1 Å². The zero-order valence-electron chi connectivity index (χ0n) is 14.7. The lowest BCUT2D eigenvalue weighted by atomic mass is 10.1. The Kier molecular flexibility index (Phi) is 6.13. The van der Waals surface area contributed by atoms with Crippen LogP contribution >= 0.6 is 24.0 Å². The van der Waals surface area contributed by atoms with Gasteiger partial charge in [-0.15, -0.1) is 24.0 Å². The van der Waals surface area contributed by atoms with Crippen molar-refractivity contribution >= 4 is 46.7 Å². The molecule has 136 valence electrons. The molecule has 0 fully saturated rings. The Balaban J connectivity index is 0.00000196. The molecule has 26 heavy (non-hydrogen) atoms. The van der Waals surface area contributed by atoms with E-state index in [1.807, 2.05) is 24.3 Å². The van der Waals surface area contributed by atoms with Gasteiger partial charge in [-0.1, -0.05) is 18.2 Å². The highest BCUT2D eigenvalue weighted by atomic mass is 127. The van der Waals surface area contributed by atoms with Gasteiger partial charge >= 0.3 is 0 Å². The highest BCUT2D eigenvalue weighted by molar-refractivity contribution is 14.0. The number of nitrogens with two attached hydrogens (primary N) is 1. The Labute approximate surface area is 170 Å². The van der Waals surface area contributed by atoms with Gasteiger partial charge in [0.25, 0.3) is 0 Å². The lowest BCUT2D eigenvalue weighted by Gasteiger charge is -2.07. The van der Waals surface area contributed by atoms with E-state index in [1.165, 1.54) is 30.4 Å². The van der Waals surface area contributed by atoms with E-state index >= 15 is 0 Å². The number of H-pyrrole nitrogens is 1. The predicted octanol–water partition coefficient (Wildman–Crippen LogP) is 4.03. The second kappa shape index (κ2) is 8.53. The molecule has 0 saturated carbocycles. The van der Waals surface area contributed by atoms with Crippen LogP contribution in [0.4, 0.5) is 5.69 Å². The summed E-state index contributed by atoms with van der Waals surface area (Å²) in [4.78, 5) is 12.3. The van der Waals surface area contributed by atoms with Crippen molar-refractivity contribution in [3.8, 4) is 0 Å². The van der Waals surface area contributed by atoms with E-state index < -0.39 is 0 Å². The number of imidazole rings is 1. The van der Waals surface area contributed by atoms with E-state index in [9.17, 15) is 0 Å². The Morgan fingerprint density at radius 2 is 2.00 bits per heavy atom. The lowest BCUT2D eigenvalue weighted by molar-refractivity contribution is 0.796. The van der Waals surface area contributed by atoms with Gasteiger partial charge in [0.2, 0.25) is 0 Å². The number of hydrogen-bond donors (Lipinski definition) is 3. The summed E-state index contributed by atoms with van der Waals surface area (Å²) in [5.74, 6) is 1.48. The first-order valence-electron chi connectivity index (χ1n) is 8.90. The van der Waals surface area contributed by atoms with Crippen molar-refractivity contribution in [3.63, 3.8) is 0 Å². The summed E-state index contributed by atoms with van der Waals surface area (Å²) in [6.07, 6.45) is 5.39. The van der Waals surface area contributed by atoms with Crippen LogP contribution in [0, 0.1) is 0 Å². The molecule has 0 aliphatic heterocycles. The van der Waals surface area contributed by atoms with Gasteiger partial charge in [-0.3, -0.25) is 4.99 Å². The quantitative estimate of drug-likeness (QED) is 0.232. The third-order valence-electron chi connectivity index (χ3n) is 4.66. The first-order valence-corrected chi connectivity index (χ1v) is 8.90. The average molecular weight is 461 g/mol. The number of aliphatic imine (C=N–C) groups is 1. The molecule has 4 rings (SSSR count). The summed E-state index contributed by atoms with van der Waals surface area (Å²) < 4.78 is 0. The zero-order valence-corrected chi connectivity index (χ0v) is 17.0. The molecule has 0 unspecified atom stereocenters. The van der Waals surface area contributed by atoms with E-state index in [0.717, 1.165) is 35.4 Å². The van der Waals surface area contributed by atoms with Crippen molar-refractivity contribution in [1.82, 2.24) is 9.97 Å². The molecule has 2 aromatic carbocycles. The Bertz CT molecular complexity index is 882. The van der Waals surface area contributed by atoms with Crippen LogP contribution in [0.2, 0.25) is 0 Å². The summed E-state index contributed by atoms with van der Waals surface area (Å²) in [7, 11) is 0. The third kappa shape index (κ3) is 4.35. The molecule has 1 aromatic heterocycles. The second-order valence-corrected chi connectivity index (χ2v) is 6.53. The molecule has 0 saturated heterocycles. The molecule has 1 heterocycles. The van der Waals surface area contributed by atoms with Gasteiger partial charge in [0, 0.05) is 18.7 Å². The Morgan fingerprint density at radius 3 is 2.88 bits per heavy atom. The zero-order chi connectivity index (χ0) is 17.1. The molecule has 6 heteroatoms. The number of para-hydroxylation sites is 2. The molecule has 1 aliphatic rings. The highest BCUT2D eigenvalue weighted by Gasteiger charge is 2.10. The van der Waals surface area contributed by atoms with E-state index in [0.29, 0.717) is 12.5 Å². The number of fused-ring (bicyclic) bond motifs is 2. The number of halogens is 1. The first kappa shape index (κ1) is 18.7. The highest BCUT2D eigenvalue weighted by Crippen LogP contribution is 2.24. The molecule has 3 aromatic rings. The van der Waals surface area contributed by atoms with Crippen LogP contribution < -0.4 is 11.1 Å². The molecule has 0 amide bonds. The number of guanidine groups is 1. The van der Waals surface area contributed by atoms with Crippen LogP contribution in [0.3, 0.4) is 0 Å². The number of aromatic amines is 1. The first-order chi connectivity index (χ1) is 12.3. The molecule has 4 N–H and O–H groups in total. The maximum atomic E-state index is 6.01. The minimum atomic E-state index is 0. The number of benzene rings is 2. The molecular weight excluding hydrogens is 437 g/mol. The number of aromatic nitrogens is 2. The standard InChI is InChI=1S/C20H23N5.HI/c21-20(23-16-11-10-14-5-3-6-15(14)13-16)22-12-4-9-19-24-17-7-1-2-8-18(17)25-19;/h1-2,7-8,10-11,13H,3-6,9,12H2,(H,24,25)(H3,21,22,23);1H. The fraction of sp³-hybridized carbons (Fsp3) is 0.300. The SMILES string of the molecule is I.NC(=NCCCc1nc2ccccc2[nH]1)Nc1ccc2c(c1)CCC2. The Morgan fingerprint density at radius 1 is 1.15 bits per heavy atom. The lowest BCUT2D eigenvalue weighted by Crippen LogP contribution is -2.23. The van der Waals surface area contributed by atoms with Crippen LogP contribution in [0.25, 0.3) is 11.0 Å². The third-order valence-corrected chi connectivity index (χ3v) is 4.66. The molecule has 1 aliphatic carbocycles. The van der Waals surface area contributed by atoms with Crippen LogP contribution in [-0.2, 0) is 19.3 Å². The number of hydrogen-bond acceptors (Lipinski definition) is 2. The second-order valence-electron chi connectivity index (χ2n) is 6.53. The van der Waals surface area contributed by atoms with Crippen molar-refractivity contribution in [1.29, 1.82) is 0 Å². The predicted molar refractivity (Wildman–Crippen MR) is 118 cm³/mol. The molecule has 0 atom stereocenters. The number of rotatable bonds is 5.